The van der Waals surface area contributed by atoms with E-state index in [4.69, 9.17) is 5.84 Å². The molecule has 2 heterocycles. The summed E-state index contributed by atoms with van der Waals surface area (Å²) >= 11 is 1.71. The summed E-state index contributed by atoms with van der Waals surface area (Å²) in [6, 6.07) is 0.00106. The Labute approximate surface area is 104 Å². The molecule has 0 spiro atoms. The van der Waals surface area contributed by atoms with E-state index in [1.807, 2.05) is 6.92 Å². The first-order valence-electron chi connectivity index (χ1n) is 5.34. The number of hydrogen-bond acceptors (Lipinski definition) is 6. The van der Waals surface area contributed by atoms with Crippen LogP contribution in [0.2, 0.25) is 0 Å². The Morgan fingerprint density at radius 2 is 2.06 bits per heavy atom. The van der Waals surface area contributed by atoms with E-state index >= 15 is 0 Å². The zero-order valence-electron chi connectivity index (χ0n) is 9.84. The van der Waals surface area contributed by atoms with E-state index in [1.165, 1.54) is 11.2 Å². The lowest BCUT2D eigenvalue weighted by Crippen LogP contribution is -2.29. The number of rotatable bonds is 4. The molecule has 5 nitrogen and oxygen atoms in total. The van der Waals surface area contributed by atoms with Gasteiger partial charge in [0.25, 0.3) is 0 Å². The number of hydrogen-bond donors (Lipinski definition) is 2. The number of aryl methyl sites for hydroxylation is 2. The number of hydrazine groups is 1. The fraction of sp³-hybridized carbons (Fsp3) is 0.364. The van der Waals surface area contributed by atoms with E-state index < -0.39 is 0 Å². The molecular weight excluding hydrogens is 234 g/mol. The normalized spacial score (nSPS) is 12.6. The predicted molar refractivity (Wildman–Crippen MR) is 67.4 cm³/mol. The van der Waals surface area contributed by atoms with Gasteiger partial charge in [0.05, 0.1) is 16.7 Å². The lowest BCUT2D eigenvalue weighted by atomic mass is 10.1. The van der Waals surface area contributed by atoms with Gasteiger partial charge in [-0.15, -0.1) is 11.3 Å². The number of aromatic nitrogens is 3. The summed E-state index contributed by atoms with van der Waals surface area (Å²) in [6.45, 7) is 4.10. The molecule has 17 heavy (non-hydrogen) atoms. The molecule has 6 heteroatoms. The van der Waals surface area contributed by atoms with Crippen molar-refractivity contribution >= 4 is 11.3 Å². The first-order valence-corrected chi connectivity index (χ1v) is 6.16. The van der Waals surface area contributed by atoms with Crippen molar-refractivity contribution in [2.45, 2.75) is 26.3 Å². The van der Waals surface area contributed by atoms with E-state index in [0.29, 0.717) is 0 Å². The molecule has 1 unspecified atom stereocenters. The summed E-state index contributed by atoms with van der Waals surface area (Å²) in [5.74, 6) is 5.57. The van der Waals surface area contributed by atoms with Gasteiger partial charge < -0.3 is 0 Å². The van der Waals surface area contributed by atoms with Crippen LogP contribution in [-0.2, 0) is 6.42 Å². The van der Waals surface area contributed by atoms with Gasteiger partial charge in [-0.3, -0.25) is 11.3 Å². The zero-order chi connectivity index (χ0) is 12.3. The van der Waals surface area contributed by atoms with Gasteiger partial charge in [-0.25, -0.2) is 15.0 Å². The fourth-order valence-corrected chi connectivity index (χ4v) is 2.54. The van der Waals surface area contributed by atoms with Crippen molar-refractivity contribution in [2.24, 2.45) is 5.84 Å². The van der Waals surface area contributed by atoms with Crippen LogP contribution in [0.15, 0.2) is 18.7 Å². The maximum atomic E-state index is 5.57. The average Bonchev–Trinajstić information content (AvgIpc) is 2.67. The van der Waals surface area contributed by atoms with Crippen molar-refractivity contribution in [1.82, 2.24) is 20.4 Å². The Hall–Kier alpha value is -1.37. The van der Waals surface area contributed by atoms with Crippen molar-refractivity contribution in [2.75, 3.05) is 0 Å². The number of nitrogens with zero attached hydrogens (tertiary/aromatic N) is 3. The molecule has 0 radical (unpaired) electrons. The topological polar surface area (TPSA) is 76.7 Å². The maximum Gasteiger partial charge on any atom is 0.115 e. The standard InChI is InChI=1S/C11H15N5S/c1-7-8(2)17-11(15-7)3-10(16-12)9-4-13-6-14-5-9/h4-6,10,16H,3,12H2,1-2H3. The van der Waals surface area contributed by atoms with Crippen LogP contribution < -0.4 is 11.3 Å². The number of thiazole rings is 1. The summed E-state index contributed by atoms with van der Waals surface area (Å²) in [6.07, 6.45) is 5.80. The number of nitrogens with one attached hydrogen (secondary N) is 1. The van der Waals surface area contributed by atoms with Crippen LogP contribution in [-0.4, -0.2) is 15.0 Å². The van der Waals surface area contributed by atoms with Crippen molar-refractivity contribution in [1.29, 1.82) is 0 Å². The quantitative estimate of drug-likeness (QED) is 0.631. The fourth-order valence-electron chi connectivity index (χ4n) is 1.56. The molecule has 0 aliphatic carbocycles. The third kappa shape index (κ3) is 2.85. The van der Waals surface area contributed by atoms with Gasteiger partial charge in [0.1, 0.15) is 6.33 Å². The summed E-state index contributed by atoms with van der Waals surface area (Å²) in [5.41, 5.74) is 4.84. The summed E-state index contributed by atoms with van der Waals surface area (Å²) < 4.78 is 0. The minimum atomic E-state index is 0.00106. The van der Waals surface area contributed by atoms with E-state index in [0.717, 1.165) is 22.7 Å². The van der Waals surface area contributed by atoms with E-state index in [-0.39, 0.29) is 6.04 Å². The zero-order valence-corrected chi connectivity index (χ0v) is 10.7. The van der Waals surface area contributed by atoms with Crippen LogP contribution in [0.4, 0.5) is 0 Å². The lowest BCUT2D eigenvalue weighted by Gasteiger charge is -2.13. The van der Waals surface area contributed by atoms with E-state index in [2.05, 4.69) is 27.3 Å². The van der Waals surface area contributed by atoms with Crippen LogP contribution in [0.25, 0.3) is 0 Å². The van der Waals surface area contributed by atoms with Crippen molar-refractivity contribution in [3.63, 3.8) is 0 Å². The molecule has 2 aromatic rings. The van der Waals surface area contributed by atoms with Gasteiger partial charge in [-0.05, 0) is 13.8 Å². The van der Waals surface area contributed by atoms with Crippen LogP contribution in [0.1, 0.15) is 27.2 Å². The highest BCUT2D eigenvalue weighted by atomic mass is 32.1. The Balaban J connectivity index is 2.15. The van der Waals surface area contributed by atoms with E-state index in [1.54, 1.807) is 23.7 Å². The minimum Gasteiger partial charge on any atom is -0.271 e. The van der Waals surface area contributed by atoms with Crippen LogP contribution in [0, 0.1) is 13.8 Å². The molecule has 0 amide bonds. The lowest BCUT2D eigenvalue weighted by molar-refractivity contribution is 0.546. The molecule has 3 N–H and O–H groups in total. The third-order valence-electron chi connectivity index (χ3n) is 2.64. The molecular formula is C11H15N5S. The van der Waals surface area contributed by atoms with Crippen LogP contribution in [0.5, 0.6) is 0 Å². The summed E-state index contributed by atoms with van der Waals surface area (Å²) in [4.78, 5) is 13.7. The molecule has 0 saturated carbocycles. The molecule has 0 fully saturated rings. The smallest absolute Gasteiger partial charge is 0.115 e. The largest absolute Gasteiger partial charge is 0.271 e. The molecule has 0 aliphatic rings. The molecule has 0 bridgehead atoms. The van der Waals surface area contributed by atoms with Crippen molar-refractivity contribution < 1.29 is 0 Å². The second-order valence-electron chi connectivity index (χ2n) is 3.84. The second kappa shape index (κ2) is 5.31. The first-order chi connectivity index (χ1) is 8.20. The minimum absolute atomic E-state index is 0.00106. The molecule has 90 valence electrons. The van der Waals surface area contributed by atoms with Crippen molar-refractivity contribution in [3.05, 3.63) is 39.9 Å². The Morgan fingerprint density at radius 3 is 2.59 bits per heavy atom. The molecule has 0 aliphatic heterocycles. The summed E-state index contributed by atoms with van der Waals surface area (Å²) in [5, 5.41) is 1.08. The van der Waals surface area contributed by atoms with Gasteiger partial charge in [0.15, 0.2) is 0 Å². The van der Waals surface area contributed by atoms with Crippen LogP contribution in [0.3, 0.4) is 0 Å². The monoisotopic (exact) mass is 249 g/mol. The van der Waals surface area contributed by atoms with Crippen molar-refractivity contribution in [3.8, 4) is 0 Å². The molecule has 2 rings (SSSR count). The highest BCUT2D eigenvalue weighted by molar-refractivity contribution is 7.11. The third-order valence-corrected chi connectivity index (χ3v) is 3.73. The highest BCUT2D eigenvalue weighted by Gasteiger charge is 2.14. The second-order valence-corrected chi connectivity index (χ2v) is 5.13. The molecule has 1 atom stereocenters. The Kier molecular flexibility index (Phi) is 3.78. The predicted octanol–water partition coefficient (Wildman–Crippen LogP) is 1.30. The van der Waals surface area contributed by atoms with Gasteiger partial charge in [-0.2, -0.15) is 0 Å². The molecule has 0 saturated heterocycles. The number of nitrogens with two attached hydrogens (primary N) is 1. The average molecular weight is 249 g/mol. The van der Waals surface area contributed by atoms with Gasteiger partial charge >= 0.3 is 0 Å². The SMILES string of the molecule is Cc1nc(CC(NN)c2cncnc2)sc1C. The van der Waals surface area contributed by atoms with Crippen LogP contribution >= 0.6 is 11.3 Å². The highest BCUT2D eigenvalue weighted by Crippen LogP contribution is 2.22. The Morgan fingerprint density at radius 1 is 1.35 bits per heavy atom. The maximum absolute atomic E-state index is 5.57. The van der Waals surface area contributed by atoms with E-state index in [9.17, 15) is 0 Å². The summed E-state index contributed by atoms with van der Waals surface area (Å²) in [7, 11) is 0. The van der Waals surface area contributed by atoms with Gasteiger partial charge in [-0.1, -0.05) is 0 Å². The Bertz CT molecular complexity index is 462. The molecule has 2 aromatic heterocycles. The molecule has 0 aromatic carbocycles. The first kappa shape index (κ1) is 12.1. The van der Waals surface area contributed by atoms with Gasteiger partial charge in [0.2, 0.25) is 0 Å². The van der Waals surface area contributed by atoms with Gasteiger partial charge in [0, 0.05) is 29.3 Å².